The molecule has 0 heterocycles. The smallest absolute Gasteiger partial charge is 0.0636 e. The molecule has 0 N–H and O–H groups in total. The summed E-state index contributed by atoms with van der Waals surface area (Å²) < 4.78 is 1.09. The van der Waals surface area contributed by atoms with E-state index in [0.717, 1.165) is 16.5 Å². The van der Waals surface area contributed by atoms with Gasteiger partial charge in [0.2, 0.25) is 0 Å². The van der Waals surface area contributed by atoms with Crippen LogP contribution in [0.1, 0.15) is 33.2 Å². The molecule has 1 atom stereocenters. The molecule has 0 aliphatic heterocycles. The fraction of sp³-hybridized carbons (Fsp3) is 0.294. The fourth-order valence-corrected chi connectivity index (χ4v) is 3.40. The molecular weight excluding hydrogens is 320 g/mol. The van der Waals surface area contributed by atoms with Gasteiger partial charge >= 0.3 is 0 Å². The van der Waals surface area contributed by atoms with Gasteiger partial charge in [-0.25, -0.2) is 0 Å². The molecule has 0 saturated carbocycles. The van der Waals surface area contributed by atoms with Crippen LogP contribution in [0.25, 0.3) is 0 Å². The Bertz CT molecular complexity index is 590. The lowest BCUT2D eigenvalue weighted by Crippen LogP contribution is -1.98. The average molecular weight is 338 g/mol. The summed E-state index contributed by atoms with van der Waals surface area (Å²) in [5, 5.41) is -0.00270. The van der Waals surface area contributed by atoms with Crippen molar-refractivity contribution in [3.8, 4) is 0 Å². The monoisotopic (exact) mass is 336 g/mol. The molecule has 0 saturated heterocycles. The molecule has 0 fully saturated rings. The summed E-state index contributed by atoms with van der Waals surface area (Å²) in [5.74, 6) is 0. The highest BCUT2D eigenvalue weighted by Gasteiger charge is 2.12. The Balaban J connectivity index is 2.20. The minimum absolute atomic E-state index is 0.00270. The standard InChI is InChI=1S/C17H18BrCl/c1-11-4-7-15(16(18)8-11)17(19)10-14-6-5-12(2)13(3)9-14/h4-9,17H,10H2,1-3H3. The lowest BCUT2D eigenvalue weighted by molar-refractivity contribution is 0.911. The van der Waals surface area contributed by atoms with Crippen LogP contribution in [0.15, 0.2) is 40.9 Å². The van der Waals surface area contributed by atoms with Gasteiger partial charge in [0.1, 0.15) is 0 Å². The second kappa shape index (κ2) is 6.11. The summed E-state index contributed by atoms with van der Waals surface area (Å²) >= 11 is 10.2. The molecule has 0 aliphatic carbocycles. The maximum Gasteiger partial charge on any atom is 0.0636 e. The van der Waals surface area contributed by atoms with E-state index in [1.807, 2.05) is 0 Å². The van der Waals surface area contributed by atoms with Crippen LogP contribution in [-0.4, -0.2) is 0 Å². The summed E-state index contributed by atoms with van der Waals surface area (Å²) in [5.41, 5.74) is 6.34. The van der Waals surface area contributed by atoms with Gasteiger partial charge in [0, 0.05) is 4.47 Å². The first-order chi connectivity index (χ1) is 8.97. The summed E-state index contributed by atoms with van der Waals surface area (Å²) in [6.07, 6.45) is 0.852. The highest BCUT2D eigenvalue weighted by Crippen LogP contribution is 2.31. The van der Waals surface area contributed by atoms with Gasteiger partial charge in [-0.05, 0) is 61.1 Å². The Morgan fingerprint density at radius 2 is 1.74 bits per heavy atom. The van der Waals surface area contributed by atoms with E-state index in [0.29, 0.717) is 0 Å². The Hall–Kier alpha value is -0.790. The highest BCUT2D eigenvalue weighted by molar-refractivity contribution is 9.10. The van der Waals surface area contributed by atoms with E-state index >= 15 is 0 Å². The maximum atomic E-state index is 6.56. The predicted molar refractivity (Wildman–Crippen MR) is 87.1 cm³/mol. The van der Waals surface area contributed by atoms with Gasteiger partial charge in [-0.2, -0.15) is 0 Å². The van der Waals surface area contributed by atoms with Crippen LogP contribution in [0.4, 0.5) is 0 Å². The molecule has 0 aromatic heterocycles. The molecule has 2 aromatic carbocycles. The number of benzene rings is 2. The summed E-state index contributed by atoms with van der Waals surface area (Å²) in [6.45, 7) is 6.36. The van der Waals surface area contributed by atoms with Gasteiger partial charge in [0.05, 0.1) is 5.38 Å². The van der Waals surface area contributed by atoms with E-state index in [9.17, 15) is 0 Å². The minimum atomic E-state index is -0.00270. The number of hydrogen-bond acceptors (Lipinski definition) is 0. The molecule has 0 radical (unpaired) electrons. The van der Waals surface area contributed by atoms with Crippen molar-refractivity contribution in [3.05, 3.63) is 68.7 Å². The zero-order valence-corrected chi connectivity index (χ0v) is 13.8. The maximum absolute atomic E-state index is 6.56. The van der Waals surface area contributed by atoms with E-state index in [1.54, 1.807) is 0 Å². The van der Waals surface area contributed by atoms with Crippen LogP contribution < -0.4 is 0 Å². The molecule has 0 bridgehead atoms. The summed E-state index contributed by atoms with van der Waals surface area (Å²) in [6, 6.07) is 12.9. The first-order valence-corrected chi connectivity index (χ1v) is 7.66. The molecule has 2 aromatic rings. The van der Waals surface area contributed by atoms with Gasteiger partial charge in [0.25, 0.3) is 0 Å². The Morgan fingerprint density at radius 1 is 1.00 bits per heavy atom. The van der Waals surface area contributed by atoms with Crippen molar-refractivity contribution in [3.63, 3.8) is 0 Å². The van der Waals surface area contributed by atoms with Crippen LogP contribution in [0.2, 0.25) is 0 Å². The van der Waals surface area contributed by atoms with Crippen molar-refractivity contribution in [2.24, 2.45) is 0 Å². The molecule has 2 heteroatoms. The largest absolute Gasteiger partial charge is 0.117 e. The Kier molecular flexibility index (Phi) is 4.70. The summed E-state index contributed by atoms with van der Waals surface area (Å²) in [7, 11) is 0. The van der Waals surface area contributed by atoms with Crippen LogP contribution in [0.3, 0.4) is 0 Å². The van der Waals surface area contributed by atoms with Gasteiger partial charge in [-0.3, -0.25) is 0 Å². The zero-order chi connectivity index (χ0) is 14.0. The molecule has 2 rings (SSSR count). The SMILES string of the molecule is Cc1ccc(C(Cl)Cc2ccc(C)c(C)c2)c(Br)c1. The molecule has 0 aliphatic rings. The van der Waals surface area contributed by atoms with Gasteiger partial charge in [-0.1, -0.05) is 46.3 Å². The Morgan fingerprint density at radius 3 is 2.37 bits per heavy atom. The number of halogens is 2. The first kappa shape index (κ1) is 14.6. The molecule has 0 spiro atoms. The highest BCUT2D eigenvalue weighted by atomic mass is 79.9. The predicted octanol–water partition coefficient (Wildman–Crippen LogP) is 5.90. The molecule has 0 nitrogen and oxygen atoms in total. The number of hydrogen-bond donors (Lipinski definition) is 0. The third-order valence-electron chi connectivity index (χ3n) is 3.48. The minimum Gasteiger partial charge on any atom is -0.117 e. The van der Waals surface area contributed by atoms with Crippen molar-refractivity contribution in [1.29, 1.82) is 0 Å². The first-order valence-electron chi connectivity index (χ1n) is 6.43. The van der Waals surface area contributed by atoms with E-state index in [4.69, 9.17) is 11.6 Å². The quantitative estimate of drug-likeness (QED) is 0.612. The van der Waals surface area contributed by atoms with Gasteiger partial charge < -0.3 is 0 Å². The average Bonchev–Trinajstić information content (AvgIpc) is 2.33. The third-order valence-corrected chi connectivity index (χ3v) is 4.56. The summed E-state index contributed by atoms with van der Waals surface area (Å²) in [4.78, 5) is 0. The molecule has 1 unspecified atom stereocenters. The third kappa shape index (κ3) is 3.61. The van der Waals surface area contributed by atoms with Crippen LogP contribution in [0.5, 0.6) is 0 Å². The van der Waals surface area contributed by atoms with Crippen molar-refractivity contribution >= 4 is 27.5 Å². The molecule has 100 valence electrons. The van der Waals surface area contributed by atoms with Crippen LogP contribution in [-0.2, 0) is 6.42 Å². The zero-order valence-electron chi connectivity index (χ0n) is 11.5. The number of rotatable bonds is 3. The van der Waals surface area contributed by atoms with Gasteiger partial charge in [0.15, 0.2) is 0 Å². The van der Waals surface area contributed by atoms with Crippen molar-refractivity contribution in [2.45, 2.75) is 32.6 Å². The normalized spacial score (nSPS) is 12.5. The van der Waals surface area contributed by atoms with Gasteiger partial charge in [-0.15, -0.1) is 11.6 Å². The van der Waals surface area contributed by atoms with E-state index < -0.39 is 0 Å². The van der Waals surface area contributed by atoms with Crippen LogP contribution in [0, 0.1) is 20.8 Å². The van der Waals surface area contributed by atoms with Crippen molar-refractivity contribution in [2.75, 3.05) is 0 Å². The number of alkyl halides is 1. The molecular formula is C17H18BrCl. The molecule has 19 heavy (non-hydrogen) atoms. The van der Waals surface area contributed by atoms with E-state index in [-0.39, 0.29) is 5.38 Å². The second-order valence-electron chi connectivity index (χ2n) is 5.12. The number of aryl methyl sites for hydroxylation is 3. The van der Waals surface area contributed by atoms with E-state index in [2.05, 4.69) is 73.1 Å². The lowest BCUT2D eigenvalue weighted by atomic mass is 10.00. The van der Waals surface area contributed by atoms with E-state index in [1.165, 1.54) is 22.3 Å². The Labute approximate surface area is 128 Å². The second-order valence-corrected chi connectivity index (χ2v) is 6.50. The fourth-order valence-electron chi connectivity index (χ4n) is 2.13. The van der Waals surface area contributed by atoms with Crippen LogP contribution >= 0.6 is 27.5 Å². The lowest BCUT2D eigenvalue weighted by Gasteiger charge is -2.13. The van der Waals surface area contributed by atoms with Crippen molar-refractivity contribution < 1.29 is 0 Å². The molecule has 0 amide bonds. The topological polar surface area (TPSA) is 0 Å². The van der Waals surface area contributed by atoms with Crippen molar-refractivity contribution in [1.82, 2.24) is 0 Å².